The van der Waals surface area contributed by atoms with Crippen LogP contribution in [0.15, 0.2) is 46.7 Å². The van der Waals surface area contributed by atoms with Gasteiger partial charge in [-0.3, -0.25) is 4.79 Å². The van der Waals surface area contributed by atoms with Crippen molar-refractivity contribution in [1.82, 2.24) is 10.0 Å². The Hall–Kier alpha value is -1.74. The summed E-state index contributed by atoms with van der Waals surface area (Å²) in [7, 11) is -3.69. The summed E-state index contributed by atoms with van der Waals surface area (Å²) >= 11 is 1.46. The van der Waals surface area contributed by atoms with Crippen LogP contribution in [0.25, 0.3) is 0 Å². The van der Waals surface area contributed by atoms with Crippen LogP contribution in [0.3, 0.4) is 0 Å². The van der Waals surface area contributed by atoms with Crippen molar-refractivity contribution in [3.63, 3.8) is 0 Å². The van der Waals surface area contributed by atoms with Gasteiger partial charge in [0.1, 0.15) is 0 Å². The number of thiophene rings is 1. The van der Waals surface area contributed by atoms with E-state index < -0.39 is 15.9 Å². The normalized spacial score (nSPS) is 11.3. The third kappa shape index (κ3) is 4.38. The molecular formula is C14H16N2O4S2. The van der Waals surface area contributed by atoms with Gasteiger partial charge in [0.25, 0.3) is 5.91 Å². The molecule has 2 aromatic rings. The molecule has 8 heteroatoms. The van der Waals surface area contributed by atoms with E-state index in [9.17, 15) is 13.2 Å². The highest BCUT2D eigenvalue weighted by Gasteiger charge is 2.16. The van der Waals surface area contributed by atoms with Crippen molar-refractivity contribution in [3.8, 4) is 0 Å². The first-order chi connectivity index (χ1) is 10.5. The van der Waals surface area contributed by atoms with Crippen molar-refractivity contribution >= 4 is 27.3 Å². The lowest BCUT2D eigenvalue weighted by Crippen LogP contribution is -2.27. The van der Waals surface area contributed by atoms with E-state index in [0.717, 1.165) is 4.88 Å². The number of aliphatic hydroxyl groups excluding tert-OH is 1. The summed E-state index contributed by atoms with van der Waals surface area (Å²) in [4.78, 5) is 12.7. The first-order valence-electron chi connectivity index (χ1n) is 6.54. The molecule has 0 aliphatic carbocycles. The summed E-state index contributed by atoms with van der Waals surface area (Å²) in [6.07, 6.45) is 0. The minimum atomic E-state index is -3.69. The number of rotatable bonds is 7. The number of hydrogen-bond donors (Lipinski definition) is 3. The average Bonchev–Trinajstić information content (AvgIpc) is 3.04. The van der Waals surface area contributed by atoms with Crippen molar-refractivity contribution in [2.75, 3.05) is 13.2 Å². The van der Waals surface area contributed by atoms with E-state index in [1.54, 1.807) is 0 Å². The van der Waals surface area contributed by atoms with Gasteiger partial charge in [0.2, 0.25) is 10.0 Å². The Morgan fingerprint density at radius 2 is 2.05 bits per heavy atom. The van der Waals surface area contributed by atoms with E-state index in [0.29, 0.717) is 0 Å². The molecule has 1 heterocycles. The lowest BCUT2D eigenvalue weighted by Gasteiger charge is -2.08. The zero-order chi connectivity index (χ0) is 16.0. The fourth-order valence-corrected chi connectivity index (χ4v) is 3.53. The van der Waals surface area contributed by atoms with Gasteiger partial charge in [-0.2, -0.15) is 0 Å². The standard InChI is InChI=1S/C14H16N2O4S2/c17-7-6-15-14(18)11-3-1-5-13(9-11)22(19,20)16-10-12-4-2-8-21-12/h1-5,8-9,16-17H,6-7,10H2,(H,15,18). The third-order valence-corrected chi connectivity index (χ3v) is 5.10. The Balaban J connectivity index is 2.11. The lowest BCUT2D eigenvalue weighted by atomic mass is 10.2. The number of carbonyl (C=O) groups is 1. The van der Waals surface area contributed by atoms with Gasteiger partial charge in [-0.1, -0.05) is 12.1 Å². The number of benzene rings is 1. The SMILES string of the molecule is O=C(NCCO)c1cccc(S(=O)(=O)NCc2cccs2)c1. The zero-order valence-electron chi connectivity index (χ0n) is 11.7. The van der Waals surface area contributed by atoms with E-state index in [2.05, 4.69) is 10.0 Å². The van der Waals surface area contributed by atoms with Crippen molar-refractivity contribution in [2.24, 2.45) is 0 Å². The number of hydrogen-bond acceptors (Lipinski definition) is 5. The highest BCUT2D eigenvalue weighted by atomic mass is 32.2. The van der Waals surface area contributed by atoms with E-state index in [-0.39, 0.29) is 30.2 Å². The summed E-state index contributed by atoms with van der Waals surface area (Å²) < 4.78 is 27.0. The molecule has 0 atom stereocenters. The Bertz CT molecular complexity index is 727. The summed E-state index contributed by atoms with van der Waals surface area (Å²) in [6.45, 7) is 0.152. The fourth-order valence-electron chi connectivity index (χ4n) is 1.74. The molecule has 6 nitrogen and oxygen atoms in total. The molecule has 0 aliphatic rings. The first-order valence-corrected chi connectivity index (χ1v) is 8.90. The molecule has 1 aromatic heterocycles. The predicted octanol–water partition coefficient (Wildman–Crippen LogP) is 0.949. The van der Waals surface area contributed by atoms with Crippen molar-refractivity contribution in [1.29, 1.82) is 0 Å². The monoisotopic (exact) mass is 340 g/mol. The molecule has 0 fully saturated rings. The second-order valence-electron chi connectivity index (χ2n) is 4.41. The molecule has 0 radical (unpaired) electrons. The van der Waals surface area contributed by atoms with Crippen LogP contribution in [0, 0.1) is 0 Å². The smallest absolute Gasteiger partial charge is 0.251 e. The maximum absolute atomic E-state index is 12.2. The van der Waals surface area contributed by atoms with Gasteiger partial charge >= 0.3 is 0 Å². The summed E-state index contributed by atoms with van der Waals surface area (Å²) in [5.41, 5.74) is 0.229. The van der Waals surface area contributed by atoms with Gasteiger partial charge in [-0.05, 0) is 29.6 Å². The molecule has 118 valence electrons. The third-order valence-electron chi connectivity index (χ3n) is 2.82. The second kappa shape index (κ2) is 7.50. The van der Waals surface area contributed by atoms with Crippen molar-refractivity contribution in [2.45, 2.75) is 11.4 Å². The minimum Gasteiger partial charge on any atom is -0.395 e. The molecule has 0 bridgehead atoms. The van der Waals surface area contributed by atoms with Gasteiger partial charge in [-0.15, -0.1) is 11.3 Å². The number of nitrogens with one attached hydrogen (secondary N) is 2. The molecule has 0 unspecified atom stereocenters. The zero-order valence-corrected chi connectivity index (χ0v) is 13.3. The Morgan fingerprint density at radius 3 is 2.73 bits per heavy atom. The van der Waals surface area contributed by atoms with E-state index in [1.807, 2.05) is 17.5 Å². The fraction of sp³-hybridized carbons (Fsp3) is 0.214. The van der Waals surface area contributed by atoms with Crippen LogP contribution in [-0.4, -0.2) is 32.6 Å². The quantitative estimate of drug-likeness (QED) is 0.699. The number of amides is 1. The molecule has 2 rings (SSSR count). The Kier molecular flexibility index (Phi) is 5.67. The maximum atomic E-state index is 12.2. The van der Waals surface area contributed by atoms with Crippen LogP contribution < -0.4 is 10.0 Å². The Labute approximate surface area is 132 Å². The molecule has 0 saturated heterocycles. The summed E-state index contributed by atoms with van der Waals surface area (Å²) in [5.74, 6) is -0.427. The molecule has 1 amide bonds. The van der Waals surface area contributed by atoms with Crippen molar-refractivity contribution in [3.05, 3.63) is 52.2 Å². The van der Waals surface area contributed by atoms with Crippen LogP contribution >= 0.6 is 11.3 Å². The number of sulfonamides is 1. The molecule has 1 aromatic carbocycles. The predicted molar refractivity (Wildman–Crippen MR) is 84.2 cm³/mol. The lowest BCUT2D eigenvalue weighted by molar-refractivity contribution is 0.0944. The van der Waals surface area contributed by atoms with Gasteiger partial charge in [0, 0.05) is 23.5 Å². The summed E-state index contributed by atoms with van der Waals surface area (Å²) in [5, 5.41) is 13.0. The topological polar surface area (TPSA) is 95.5 Å². The molecule has 3 N–H and O–H groups in total. The minimum absolute atomic E-state index is 0.0284. The highest BCUT2D eigenvalue weighted by Crippen LogP contribution is 2.14. The summed E-state index contributed by atoms with van der Waals surface area (Å²) in [6, 6.07) is 9.45. The van der Waals surface area contributed by atoms with Crippen LogP contribution in [0.4, 0.5) is 0 Å². The molecule has 22 heavy (non-hydrogen) atoms. The van der Waals surface area contributed by atoms with Gasteiger partial charge in [0.05, 0.1) is 11.5 Å². The second-order valence-corrected chi connectivity index (χ2v) is 7.21. The van der Waals surface area contributed by atoms with Crippen molar-refractivity contribution < 1.29 is 18.3 Å². The van der Waals surface area contributed by atoms with Gasteiger partial charge < -0.3 is 10.4 Å². The van der Waals surface area contributed by atoms with E-state index in [4.69, 9.17) is 5.11 Å². The largest absolute Gasteiger partial charge is 0.395 e. The molecule has 0 saturated carbocycles. The van der Waals surface area contributed by atoms with Crippen LogP contribution in [0.2, 0.25) is 0 Å². The van der Waals surface area contributed by atoms with Gasteiger partial charge in [-0.25, -0.2) is 13.1 Å². The number of aliphatic hydroxyl groups is 1. The first kappa shape index (κ1) is 16.6. The van der Waals surface area contributed by atoms with E-state index in [1.165, 1.54) is 35.6 Å². The molecular weight excluding hydrogens is 324 g/mol. The maximum Gasteiger partial charge on any atom is 0.251 e. The number of carbonyl (C=O) groups excluding carboxylic acids is 1. The van der Waals surface area contributed by atoms with Crippen LogP contribution in [0.5, 0.6) is 0 Å². The Morgan fingerprint density at radius 1 is 1.23 bits per heavy atom. The highest BCUT2D eigenvalue weighted by molar-refractivity contribution is 7.89. The van der Waals surface area contributed by atoms with Crippen LogP contribution in [0.1, 0.15) is 15.2 Å². The molecule has 0 spiro atoms. The molecule has 0 aliphatic heterocycles. The van der Waals surface area contributed by atoms with Crippen LogP contribution in [-0.2, 0) is 16.6 Å². The average molecular weight is 340 g/mol. The van der Waals surface area contributed by atoms with Gasteiger partial charge in [0.15, 0.2) is 0 Å². The van der Waals surface area contributed by atoms with E-state index >= 15 is 0 Å².